The zero-order valence-electron chi connectivity index (χ0n) is 7.36. The fraction of sp³-hybridized carbons (Fsp3) is 0.750. The van der Waals surface area contributed by atoms with Crippen LogP contribution >= 0.6 is 0 Å². The Hall–Kier alpha value is -1.10. The Kier molecular flexibility index (Phi) is 6.91. The van der Waals surface area contributed by atoms with E-state index in [1.165, 1.54) is 0 Å². The van der Waals surface area contributed by atoms with Gasteiger partial charge in [-0.25, -0.2) is 4.79 Å². The lowest BCUT2D eigenvalue weighted by Crippen LogP contribution is -2.07. The van der Waals surface area contributed by atoms with Crippen LogP contribution in [0.3, 0.4) is 0 Å². The first-order valence-corrected chi connectivity index (χ1v) is 4.14. The number of carboxylic acid groups (broad SMARTS) is 2. The molecule has 0 saturated carbocycles. The molecule has 0 aliphatic rings. The van der Waals surface area contributed by atoms with Crippen LogP contribution < -0.4 is 0 Å². The number of ether oxygens (including phenoxy) is 1. The van der Waals surface area contributed by atoms with Crippen LogP contribution in [0.1, 0.15) is 25.7 Å². The minimum atomic E-state index is -0.981. The predicted molar refractivity (Wildman–Crippen MR) is 44.6 cm³/mol. The molecule has 0 unspecified atom stereocenters. The molecule has 0 aromatic carbocycles. The highest BCUT2D eigenvalue weighted by atomic mass is 16.5. The van der Waals surface area contributed by atoms with Gasteiger partial charge in [-0.2, -0.15) is 0 Å². The topological polar surface area (TPSA) is 83.8 Å². The summed E-state index contributed by atoms with van der Waals surface area (Å²) in [6.45, 7) is 0.102. The molecule has 0 saturated heterocycles. The molecule has 76 valence electrons. The Morgan fingerprint density at radius 1 is 1.00 bits per heavy atom. The van der Waals surface area contributed by atoms with Crippen molar-refractivity contribution < 1.29 is 24.5 Å². The van der Waals surface area contributed by atoms with Crippen molar-refractivity contribution in [3.8, 4) is 0 Å². The Balaban J connectivity index is 3.00. The summed E-state index contributed by atoms with van der Waals surface area (Å²) < 4.78 is 4.76. The second-order valence-electron chi connectivity index (χ2n) is 2.65. The molecule has 2 N–H and O–H groups in total. The largest absolute Gasteiger partial charge is 0.481 e. The zero-order chi connectivity index (χ0) is 10.1. The van der Waals surface area contributed by atoms with Gasteiger partial charge in [0.2, 0.25) is 0 Å². The quantitative estimate of drug-likeness (QED) is 0.551. The van der Waals surface area contributed by atoms with Gasteiger partial charge < -0.3 is 14.9 Å². The molecule has 0 aliphatic carbocycles. The van der Waals surface area contributed by atoms with Crippen molar-refractivity contribution in [1.29, 1.82) is 0 Å². The van der Waals surface area contributed by atoms with Gasteiger partial charge in [0, 0.05) is 13.0 Å². The van der Waals surface area contributed by atoms with E-state index < -0.39 is 11.9 Å². The molecule has 0 aromatic heterocycles. The lowest BCUT2D eigenvalue weighted by molar-refractivity contribution is -0.142. The van der Waals surface area contributed by atoms with E-state index in [1.807, 2.05) is 0 Å². The van der Waals surface area contributed by atoms with Crippen LogP contribution in [0.2, 0.25) is 0 Å². The van der Waals surface area contributed by atoms with Gasteiger partial charge in [0.1, 0.15) is 6.61 Å². The molecular weight excluding hydrogens is 176 g/mol. The van der Waals surface area contributed by atoms with Crippen LogP contribution in [-0.2, 0) is 14.3 Å². The van der Waals surface area contributed by atoms with Crippen molar-refractivity contribution in [2.75, 3.05) is 13.2 Å². The highest BCUT2D eigenvalue weighted by molar-refractivity contribution is 5.68. The smallest absolute Gasteiger partial charge is 0.329 e. The zero-order valence-corrected chi connectivity index (χ0v) is 7.36. The average molecular weight is 190 g/mol. The van der Waals surface area contributed by atoms with E-state index in [1.54, 1.807) is 0 Å². The van der Waals surface area contributed by atoms with E-state index >= 15 is 0 Å². The fourth-order valence-corrected chi connectivity index (χ4v) is 0.817. The summed E-state index contributed by atoms with van der Waals surface area (Å²) in [4.78, 5) is 20.0. The van der Waals surface area contributed by atoms with Crippen LogP contribution in [0.25, 0.3) is 0 Å². The standard InChI is InChI=1S/C8H14O5/c9-7(10)4-2-1-3-5-13-6-8(11)12/h1-6H2,(H,9,10)(H,11,12). The summed E-state index contributed by atoms with van der Waals surface area (Å²) in [6, 6.07) is 0. The third-order valence-electron chi connectivity index (χ3n) is 1.40. The monoisotopic (exact) mass is 190 g/mol. The molecular formula is C8H14O5. The first-order valence-electron chi connectivity index (χ1n) is 4.14. The number of aliphatic carboxylic acids is 2. The minimum Gasteiger partial charge on any atom is -0.481 e. The lowest BCUT2D eigenvalue weighted by Gasteiger charge is -1.99. The van der Waals surface area contributed by atoms with Crippen LogP contribution in [0.5, 0.6) is 0 Å². The number of hydrogen-bond acceptors (Lipinski definition) is 3. The Morgan fingerprint density at radius 2 is 1.69 bits per heavy atom. The van der Waals surface area contributed by atoms with E-state index in [4.69, 9.17) is 14.9 Å². The predicted octanol–water partition coefficient (Wildman–Crippen LogP) is 0.733. The Morgan fingerprint density at radius 3 is 2.23 bits per heavy atom. The van der Waals surface area contributed by atoms with E-state index in [0.29, 0.717) is 19.4 Å². The second kappa shape index (κ2) is 7.54. The summed E-state index contributed by atoms with van der Waals surface area (Å²) in [5.41, 5.74) is 0. The number of carboxylic acids is 2. The first kappa shape index (κ1) is 11.9. The average Bonchev–Trinajstić information content (AvgIpc) is 2.01. The number of rotatable bonds is 8. The number of carbonyl (C=O) groups is 2. The maximum atomic E-state index is 10.1. The molecule has 0 aliphatic heterocycles. The van der Waals surface area contributed by atoms with Crippen LogP contribution in [0.15, 0.2) is 0 Å². The van der Waals surface area contributed by atoms with E-state index in [0.717, 1.165) is 6.42 Å². The maximum Gasteiger partial charge on any atom is 0.329 e. The summed E-state index contributed by atoms with van der Waals surface area (Å²) in [5.74, 6) is -1.78. The molecule has 0 heterocycles. The van der Waals surface area contributed by atoms with E-state index in [-0.39, 0.29) is 13.0 Å². The van der Waals surface area contributed by atoms with Gasteiger partial charge in [-0.3, -0.25) is 4.79 Å². The molecule has 0 aromatic rings. The molecule has 5 heteroatoms. The molecule has 0 rings (SSSR count). The van der Waals surface area contributed by atoms with Crippen molar-refractivity contribution in [2.24, 2.45) is 0 Å². The highest BCUT2D eigenvalue weighted by Crippen LogP contribution is 1.99. The maximum absolute atomic E-state index is 10.1. The van der Waals surface area contributed by atoms with Crippen molar-refractivity contribution in [3.63, 3.8) is 0 Å². The van der Waals surface area contributed by atoms with Gasteiger partial charge in [0.25, 0.3) is 0 Å². The molecule has 0 spiro atoms. The van der Waals surface area contributed by atoms with Crippen molar-refractivity contribution in [2.45, 2.75) is 25.7 Å². The Bertz CT molecular complexity index is 148. The highest BCUT2D eigenvalue weighted by Gasteiger charge is 1.98. The van der Waals surface area contributed by atoms with Crippen LogP contribution in [0, 0.1) is 0 Å². The Labute approximate surface area is 76.3 Å². The third-order valence-corrected chi connectivity index (χ3v) is 1.40. The molecule has 0 atom stereocenters. The fourth-order valence-electron chi connectivity index (χ4n) is 0.817. The lowest BCUT2D eigenvalue weighted by atomic mass is 10.2. The van der Waals surface area contributed by atoms with E-state index in [9.17, 15) is 9.59 Å². The second-order valence-corrected chi connectivity index (χ2v) is 2.65. The first-order chi connectivity index (χ1) is 6.13. The van der Waals surface area contributed by atoms with Crippen LogP contribution in [0.4, 0.5) is 0 Å². The van der Waals surface area contributed by atoms with Gasteiger partial charge in [-0.1, -0.05) is 6.42 Å². The van der Waals surface area contributed by atoms with E-state index in [2.05, 4.69) is 0 Å². The van der Waals surface area contributed by atoms with Gasteiger partial charge in [0.05, 0.1) is 0 Å². The van der Waals surface area contributed by atoms with Crippen molar-refractivity contribution in [3.05, 3.63) is 0 Å². The van der Waals surface area contributed by atoms with Gasteiger partial charge in [-0.15, -0.1) is 0 Å². The summed E-state index contributed by atoms with van der Waals surface area (Å²) in [7, 11) is 0. The molecule has 0 radical (unpaired) electrons. The van der Waals surface area contributed by atoms with Crippen molar-refractivity contribution in [1.82, 2.24) is 0 Å². The minimum absolute atomic E-state index is 0.166. The van der Waals surface area contributed by atoms with Crippen LogP contribution in [-0.4, -0.2) is 35.4 Å². The number of unbranched alkanes of at least 4 members (excludes halogenated alkanes) is 2. The molecule has 0 bridgehead atoms. The molecule has 13 heavy (non-hydrogen) atoms. The molecule has 0 amide bonds. The molecule has 0 fully saturated rings. The molecule has 5 nitrogen and oxygen atoms in total. The van der Waals surface area contributed by atoms with Gasteiger partial charge in [0.15, 0.2) is 0 Å². The SMILES string of the molecule is O=C(O)CCCCCOCC(=O)O. The number of hydrogen-bond donors (Lipinski definition) is 2. The van der Waals surface area contributed by atoms with Crippen molar-refractivity contribution >= 4 is 11.9 Å². The third kappa shape index (κ3) is 10.9. The normalized spacial score (nSPS) is 9.85. The van der Waals surface area contributed by atoms with Gasteiger partial charge in [-0.05, 0) is 12.8 Å². The summed E-state index contributed by atoms with van der Waals surface area (Å²) >= 11 is 0. The summed E-state index contributed by atoms with van der Waals surface area (Å²) in [6.07, 6.45) is 2.25. The van der Waals surface area contributed by atoms with Gasteiger partial charge >= 0.3 is 11.9 Å². The summed E-state index contributed by atoms with van der Waals surface area (Å²) in [5, 5.41) is 16.5.